The Morgan fingerprint density at radius 2 is 1.38 bits per heavy atom. The molecule has 1 aliphatic rings. The number of carbonyl (C=O) groups is 3. The summed E-state index contributed by atoms with van der Waals surface area (Å²) in [6.45, 7) is 9.14. The summed E-state index contributed by atoms with van der Waals surface area (Å²) in [5.41, 5.74) is 13.4. The molecule has 1 aromatic heterocycles. The van der Waals surface area contributed by atoms with Gasteiger partial charge in [0.25, 0.3) is 0 Å². The molecule has 0 bridgehead atoms. The van der Waals surface area contributed by atoms with Crippen molar-refractivity contribution in [1.82, 2.24) is 4.57 Å². The van der Waals surface area contributed by atoms with Crippen LogP contribution < -0.4 is 10.5 Å². The zero-order valence-electron chi connectivity index (χ0n) is 41.3. The summed E-state index contributed by atoms with van der Waals surface area (Å²) >= 11 is 0. The highest BCUT2D eigenvalue weighted by molar-refractivity contribution is 8.76. The molecule has 6 aromatic rings. The Hall–Kier alpha value is -5.74. The van der Waals surface area contributed by atoms with Crippen molar-refractivity contribution in [2.75, 3.05) is 31.3 Å². The van der Waals surface area contributed by atoms with Gasteiger partial charge in [-0.25, -0.2) is 9.18 Å². The fourth-order valence-corrected chi connectivity index (χ4v) is 10.8. The van der Waals surface area contributed by atoms with Gasteiger partial charge in [-0.15, -0.1) is 0 Å². The van der Waals surface area contributed by atoms with Crippen LogP contribution in [-0.2, 0) is 38.2 Å². The van der Waals surface area contributed by atoms with Gasteiger partial charge in [0.15, 0.2) is 5.78 Å². The van der Waals surface area contributed by atoms with Gasteiger partial charge in [-0.1, -0.05) is 134 Å². The van der Waals surface area contributed by atoms with E-state index in [-0.39, 0.29) is 56.8 Å². The molecule has 0 radical (unpaired) electrons. The van der Waals surface area contributed by atoms with Crippen molar-refractivity contribution in [3.63, 3.8) is 0 Å². The standard InChI is InChI=1S/C58H65FN2O9S2/c1-38-53-52(55(66)58(38,60)44-13-9-6-10-14-44)51(40-11-7-5-8-12-40)54(41-18-24-45(59)25-19-41)61(53)30-29-46(62)35-48(64)36-50(65)68-31-33-71-72-34-32-69-56(67)42-20-27-49(28-21-42)70-37-47(63)26-17-39-15-22-43(23-16-39)57(2,3)4/h5-16,18-25,27-28,38,46-48,62-64H,17,26,29-37,60H2,1-4H3/t38?,46-,47?,48-,58?/m1/s1. The number of ketones is 1. The molecule has 14 heteroatoms. The van der Waals surface area contributed by atoms with Crippen molar-refractivity contribution in [3.8, 4) is 28.1 Å². The van der Waals surface area contributed by atoms with Crippen LogP contribution in [0, 0.1) is 5.82 Å². The third-order valence-corrected chi connectivity index (χ3v) is 15.4. The average molecular weight is 1020 g/mol. The number of carbonyl (C=O) groups excluding carboxylic acids is 3. The quantitative estimate of drug-likeness (QED) is 0.0257. The second kappa shape index (κ2) is 24.8. The van der Waals surface area contributed by atoms with Crippen LogP contribution in [0.1, 0.15) is 102 Å². The van der Waals surface area contributed by atoms with E-state index in [1.165, 1.54) is 39.3 Å². The average Bonchev–Trinajstić information content (AvgIpc) is 3.81. The van der Waals surface area contributed by atoms with E-state index in [2.05, 4.69) is 45.0 Å². The highest BCUT2D eigenvalue weighted by Crippen LogP contribution is 2.53. The number of hydrogen-bond acceptors (Lipinski definition) is 12. The molecule has 72 heavy (non-hydrogen) atoms. The largest absolute Gasteiger partial charge is 0.491 e. The Kier molecular flexibility index (Phi) is 18.6. The molecule has 11 nitrogen and oxygen atoms in total. The number of Topliss-reactive ketones (excluding diaryl/α,β-unsaturated/α-hetero) is 1. The molecule has 1 heterocycles. The molecule has 0 saturated heterocycles. The fourth-order valence-electron chi connectivity index (χ4n) is 9.13. The number of esters is 2. The molecular formula is C58H65FN2O9S2. The lowest BCUT2D eigenvalue weighted by molar-refractivity contribution is -0.145. The van der Waals surface area contributed by atoms with Gasteiger partial charge < -0.3 is 39.8 Å². The predicted molar refractivity (Wildman–Crippen MR) is 284 cm³/mol. The highest BCUT2D eigenvalue weighted by Gasteiger charge is 2.53. The van der Waals surface area contributed by atoms with E-state index in [1.807, 2.05) is 72.2 Å². The maximum absolute atomic E-state index is 14.7. The van der Waals surface area contributed by atoms with Gasteiger partial charge in [-0.05, 0) is 107 Å². The fraction of sp³-hybridized carbons (Fsp3) is 0.362. The number of benzene rings is 5. The van der Waals surface area contributed by atoms with Crippen molar-refractivity contribution in [1.29, 1.82) is 0 Å². The molecule has 7 rings (SSSR count). The van der Waals surface area contributed by atoms with E-state index in [9.17, 15) is 34.1 Å². The number of rotatable bonds is 24. The summed E-state index contributed by atoms with van der Waals surface area (Å²) in [6.07, 6.45) is -1.73. The van der Waals surface area contributed by atoms with Crippen molar-refractivity contribution < 1.29 is 48.3 Å². The van der Waals surface area contributed by atoms with Gasteiger partial charge in [0, 0.05) is 40.8 Å². The first kappa shape index (κ1) is 54.0. The number of aliphatic hydroxyl groups excluding tert-OH is 3. The normalized spacial score (nSPS) is 16.7. The van der Waals surface area contributed by atoms with E-state index in [0.717, 1.165) is 17.5 Å². The molecule has 0 saturated carbocycles. The van der Waals surface area contributed by atoms with E-state index >= 15 is 0 Å². The van der Waals surface area contributed by atoms with Gasteiger partial charge in [-0.2, -0.15) is 0 Å². The van der Waals surface area contributed by atoms with Crippen LogP contribution in [-0.4, -0.2) is 87.2 Å². The van der Waals surface area contributed by atoms with E-state index < -0.39 is 47.5 Å². The first-order valence-electron chi connectivity index (χ1n) is 24.4. The number of ether oxygens (including phenoxy) is 3. The van der Waals surface area contributed by atoms with Gasteiger partial charge in [0.1, 0.15) is 36.9 Å². The second-order valence-corrected chi connectivity index (χ2v) is 22.0. The third-order valence-electron chi connectivity index (χ3n) is 13.1. The van der Waals surface area contributed by atoms with Crippen molar-refractivity contribution in [2.45, 2.75) is 102 Å². The molecule has 0 aliphatic heterocycles. The molecular weight excluding hydrogens is 952 g/mol. The van der Waals surface area contributed by atoms with Crippen LogP contribution in [0.25, 0.3) is 22.4 Å². The summed E-state index contributed by atoms with van der Waals surface area (Å²) in [5.74, 6) is -0.634. The molecule has 3 unspecified atom stereocenters. The van der Waals surface area contributed by atoms with Crippen LogP contribution >= 0.6 is 21.6 Å². The monoisotopic (exact) mass is 1020 g/mol. The van der Waals surface area contributed by atoms with Crippen molar-refractivity contribution in [2.24, 2.45) is 5.73 Å². The van der Waals surface area contributed by atoms with Crippen molar-refractivity contribution in [3.05, 3.63) is 173 Å². The second-order valence-electron chi connectivity index (χ2n) is 19.3. The third kappa shape index (κ3) is 13.5. The zero-order chi connectivity index (χ0) is 51.4. The lowest BCUT2D eigenvalue weighted by Gasteiger charge is -2.30. The van der Waals surface area contributed by atoms with E-state index in [0.29, 0.717) is 62.9 Å². The Labute approximate surface area is 429 Å². The van der Waals surface area contributed by atoms with Crippen LogP contribution in [0.15, 0.2) is 133 Å². The number of aliphatic hydroxyl groups is 3. The summed E-state index contributed by atoms with van der Waals surface area (Å²) in [7, 11) is 2.92. The topological polar surface area (TPSA) is 171 Å². The van der Waals surface area contributed by atoms with E-state index in [1.54, 1.807) is 36.4 Å². The van der Waals surface area contributed by atoms with Crippen LogP contribution in [0.3, 0.4) is 0 Å². The molecule has 380 valence electrons. The molecule has 0 amide bonds. The number of aryl methyl sites for hydroxylation is 1. The van der Waals surface area contributed by atoms with Gasteiger partial charge in [0.05, 0.1) is 36.0 Å². The van der Waals surface area contributed by atoms with E-state index in [4.69, 9.17) is 19.9 Å². The van der Waals surface area contributed by atoms with Crippen LogP contribution in [0.5, 0.6) is 5.75 Å². The highest BCUT2D eigenvalue weighted by atomic mass is 33.1. The van der Waals surface area contributed by atoms with Crippen LogP contribution in [0.2, 0.25) is 0 Å². The molecule has 0 spiro atoms. The molecule has 0 fully saturated rings. The lowest BCUT2D eigenvalue weighted by Crippen LogP contribution is -2.45. The minimum absolute atomic E-state index is 0.0881. The summed E-state index contributed by atoms with van der Waals surface area (Å²) in [6, 6.07) is 40.0. The lowest BCUT2D eigenvalue weighted by atomic mass is 9.80. The number of halogens is 1. The minimum atomic E-state index is -1.36. The molecule has 5 aromatic carbocycles. The summed E-state index contributed by atoms with van der Waals surface area (Å²) in [5, 5.41) is 32.6. The SMILES string of the molecule is CC1c2c(c(-c3ccccc3)c(-c3ccc(F)cc3)n2CC[C@@H](O)C[C@@H](O)CC(=O)OCCSSCCOC(=O)c2ccc(OCC(O)CCc3ccc(C(C)(C)C)cc3)cc2)C(=O)C1(N)c1ccccc1. The maximum Gasteiger partial charge on any atom is 0.338 e. The molecule has 1 aliphatic carbocycles. The minimum Gasteiger partial charge on any atom is -0.491 e. The smallest absolute Gasteiger partial charge is 0.338 e. The Morgan fingerprint density at radius 1 is 0.750 bits per heavy atom. The zero-order valence-corrected chi connectivity index (χ0v) is 42.9. The van der Waals surface area contributed by atoms with Gasteiger partial charge in [-0.3, -0.25) is 9.59 Å². The Morgan fingerprint density at radius 3 is 2.01 bits per heavy atom. The van der Waals surface area contributed by atoms with Crippen molar-refractivity contribution >= 4 is 39.3 Å². The number of aromatic nitrogens is 1. The number of fused-ring (bicyclic) bond motifs is 1. The molecule has 5 N–H and O–H groups in total. The Balaban J connectivity index is 0.822. The van der Waals surface area contributed by atoms with Crippen LogP contribution in [0.4, 0.5) is 4.39 Å². The number of hydrogen-bond donors (Lipinski definition) is 4. The number of nitrogens with zero attached hydrogens (tertiary/aromatic N) is 1. The maximum atomic E-state index is 14.7. The predicted octanol–water partition coefficient (Wildman–Crippen LogP) is 10.5. The summed E-state index contributed by atoms with van der Waals surface area (Å²) < 4.78 is 32.8. The van der Waals surface area contributed by atoms with Gasteiger partial charge >= 0.3 is 11.9 Å². The first-order valence-corrected chi connectivity index (χ1v) is 26.9. The molecule has 5 atom stereocenters. The Bertz CT molecular complexity index is 2730. The first-order chi connectivity index (χ1) is 34.5. The summed E-state index contributed by atoms with van der Waals surface area (Å²) in [4.78, 5) is 40.0. The number of nitrogens with two attached hydrogens (primary N) is 1. The van der Waals surface area contributed by atoms with Gasteiger partial charge in [0.2, 0.25) is 0 Å².